The van der Waals surface area contributed by atoms with Crippen LogP contribution in [0, 0.1) is 10.7 Å². The summed E-state index contributed by atoms with van der Waals surface area (Å²) in [5, 5.41) is 10.0. The van der Waals surface area contributed by atoms with Gasteiger partial charge in [-0.15, -0.1) is 0 Å². The highest BCUT2D eigenvalue weighted by Crippen LogP contribution is 2.02. The lowest BCUT2D eigenvalue weighted by Gasteiger charge is -2.06. The monoisotopic (exact) mass is 145 g/mol. The minimum Gasteiger partial charge on any atom is -0.367 e. The van der Waals surface area contributed by atoms with E-state index in [9.17, 15) is 0 Å². The van der Waals surface area contributed by atoms with Gasteiger partial charge in [0.25, 0.3) is 0 Å². The van der Waals surface area contributed by atoms with E-state index in [-0.39, 0.29) is 6.10 Å². The van der Waals surface area contributed by atoms with E-state index >= 15 is 0 Å². The van der Waals surface area contributed by atoms with Crippen LogP contribution in [0.1, 0.15) is 20.3 Å². The molecule has 0 N–H and O–H groups in total. The van der Waals surface area contributed by atoms with Crippen molar-refractivity contribution in [3.63, 3.8) is 0 Å². The Morgan fingerprint density at radius 3 is 2.89 bits per heavy atom. The molecule has 0 saturated carbocycles. The second kappa shape index (κ2) is 5.93. The van der Waals surface area contributed by atoms with Crippen molar-refractivity contribution in [1.29, 1.82) is 5.26 Å². The van der Waals surface area contributed by atoms with E-state index in [1.54, 1.807) is 0 Å². The van der Waals surface area contributed by atoms with Crippen molar-refractivity contribution in [2.75, 3.05) is 5.94 Å². The molecule has 0 aromatic rings. The van der Waals surface area contributed by atoms with E-state index in [1.807, 2.05) is 12.3 Å². The summed E-state index contributed by atoms with van der Waals surface area (Å²) in [6.07, 6.45) is 1.29. The molecule has 0 spiro atoms. The predicted octanol–water partition coefficient (Wildman–Crippen LogP) is 1.97. The summed E-state index contributed by atoms with van der Waals surface area (Å²) in [7, 11) is 0. The maximum absolute atomic E-state index is 8.08. The molecule has 3 heteroatoms. The van der Waals surface area contributed by atoms with Crippen molar-refractivity contribution >= 4 is 11.8 Å². The molecule has 0 aromatic carbocycles. The lowest BCUT2D eigenvalue weighted by atomic mass is 10.3. The molecule has 0 bridgehead atoms. The molecule has 0 heterocycles. The molecule has 0 aliphatic heterocycles. The predicted molar refractivity (Wildman–Crippen MR) is 38.9 cm³/mol. The lowest BCUT2D eigenvalue weighted by Crippen LogP contribution is -2.04. The summed E-state index contributed by atoms with van der Waals surface area (Å²) >= 11 is 1.14. The number of nitriles is 1. The molecular formula is C6H11NOS. The van der Waals surface area contributed by atoms with Crippen molar-refractivity contribution in [2.45, 2.75) is 26.4 Å². The van der Waals surface area contributed by atoms with Crippen molar-refractivity contribution in [2.24, 2.45) is 0 Å². The van der Waals surface area contributed by atoms with Crippen LogP contribution in [0.4, 0.5) is 0 Å². The Balaban J connectivity index is 2.99. The first-order chi connectivity index (χ1) is 4.31. The highest BCUT2D eigenvalue weighted by atomic mass is 32.2. The van der Waals surface area contributed by atoms with E-state index in [4.69, 9.17) is 10.00 Å². The topological polar surface area (TPSA) is 33.0 Å². The molecule has 0 amide bonds. The van der Waals surface area contributed by atoms with Gasteiger partial charge in [0.2, 0.25) is 0 Å². The van der Waals surface area contributed by atoms with Crippen LogP contribution in [0.25, 0.3) is 0 Å². The van der Waals surface area contributed by atoms with Crippen molar-refractivity contribution in [3.8, 4) is 5.40 Å². The third-order valence-electron chi connectivity index (χ3n) is 1.05. The average Bonchev–Trinajstić information content (AvgIpc) is 1.89. The quantitative estimate of drug-likeness (QED) is 0.344. The number of ether oxygens (including phenoxy) is 1. The van der Waals surface area contributed by atoms with E-state index in [2.05, 4.69) is 6.92 Å². The SMILES string of the molecule is CCC(C)OCSC#N. The maximum atomic E-state index is 8.08. The zero-order valence-electron chi connectivity index (χ0n) is 5.76. The minimum absolute atomic E-state index is 0.283. The first kappa shape index (κ1) is 8.80. The highest BCUT2D eigenvalue weighted by Gasteiger charge is 1.95. The maximum Gasteiger partial charge on any atom is 0.135 e. The van der Waals surface area contributed by atoms with Gasteiger partial charge < -0.3 is 4.74 Å². The fourth-order valence-corrected chi connectivity index (χ4v) is 0.647. The molecule has 0 rings (SSSR count). The lowest BCUT2D eigenvalue weighted by molar-refractivity contribution is 0.103. The van der Waals surface area contributed by atoms with Crippen LogP contribution in [0.2, 0.25) is 0 Å². The zero-order chi connectivity index (χ0) is 7.11. The number of hydrogen-bond donors (Lipinski definition) is 0. The van der Waals surface area contributed by atoms with Gasteiger partial charge in [0.15, 0.2) is 0 Å². The van der Waals surface area contributed by atoms with Gasteiger partial charge in [-0.05, 0) is 25.1 Å². The Hall–Kier alpha value is -0.200. The Labute approximate surface area is 60.2 Å². The molecule has 9 heavy (non-hydrogen) atoms. The first-order valence-corrected chi connectivity index (χ1v) is 3.92. The number of thioether (sulfide) groups is 1. The molecular weight excluding hydrogens is 134 g/mol. The van der Waals surface area contributed by atoms with Crippen LogP contribution in [0.5, 0.6) is 0 Å². The average molecular weight is 145 g/mol. The summed E-state index contributed by atoms with van der Waals surface area (Å²) in [4.78, 5) is 0. The molecule has 1 atom stereocenters. The van der Waals surface area contributed by atoms with Crippen LogP contribution in [0.15, 0.2) is 0 Å². The molecule has 2 nitrogen and oxygen atoms in total. The molecule has 0 saturated heterocycles. The number of nitrogens with zero attached hydrogens (tertiary/aromatic N) is 1. The van der Waals surface area contributed by atoms with E-state index in [1.165, 1.54) is 0 Å². The normalized spacial score (nSPS) is 12.6. The second-order valence-corrected chi connectivity index (χ2v) is 2.45. The van der Waals surface area contributed by atoms with Gasteiger partial charge in [0.1, 0.15) is 11.3 Å². The van der Waals surface area contributed by atoms with Crippen LogP contribution < -0.4 is 0 Å². The molecule has 0 radical (unpaired) electrons. The van der Waals surface area contributed by atoms with Gasteiger partial charge in [-0.25, -0.2) is 0 Å². The smallest absolute Gasteiger partial charge is 0.135 e. The van der Waals surface area contributed by atoms with Crippen LogP contribution in [0.3, 0.4) is 0 Å². The molecule has 52 valence electrons. The number of rotatable bonds is 4. The van der Waals surface area contributed by atoms with Crippen molar-refractivity contribution in [1.82, 2.24) is 0 Å². The van der Waals surface area contributed by atoms with Gasteiger partial charge in [0.05, 0.1) is 6.10 Å². The molecule has 1 unspecified atom stereocenters. The molecule has 0 aromatic heterocycles. The van der Waals surface area contributed by atoms with Gasteiger partial charge in [0, 0.05) is 0 Å². The van der Waals surface area contributed by atoms with Crippen molar-refractivity contribution < 1.29 is 4.74 Å². The summed E-state index contributed by atoms with van der Waals surface area (Å²) < 4.78 is 5.17. The molecule has 0 aliphatic carbocycles. The fraction of sp³-hybridized carbons (Fsp3) is 0.833. The highest BCUT2D eigenvalue weighted by molar-refractivity contribution is 8.03. The summed E-state index contributed by atoms with van der Waals surface area (Å²) in [6, 6.07) is 0. The Morgan fingerprint density at radius 2 is 2.44 bits per heavy atom. The van der Waals surface area contributed by atoms with Gasteiger partial charge in [-0.1, -0.05) is 6.92 Å². The van der Waals surface area contributed by atoms with E-state index in [0.29, 0.717) is 5.94 Å². The zero-order valence-corrected chi connectivity index (χ0v) is 6.57. The largest absolute Gasteiger partial charge is 0.367 e. The standard InChI is InChI=1S/C6H11NOS/c1-3-6(2)8-5-9-4-7/h6H,3,5H2,1-2H3. The van der Waals surface area contributed by atoms with Crippen LogP contribution >= 0.6 is 11.8 Å². The Kier molecular flexibility index (Phi) is 5.80. The first-order valence-electron chi connectivity index (χ1n) is 2.93. The number of hydrogen-bond acceptors (Lipinski definition) is 3. The second-order valence-electron chi connectivity index (χ2n) is 1.74. The van der Waals surface area contributed by atoms with Crippen LogP contribution in [-0.4, -0.2) is 12.0 Å². The van der Waals surface area contributed by atoms with Gasteiger partial charge in [-0.2, -0.15) is 5.26 Å². The number of thiocyanates is 1. The third-order valence-corrected chi connectivity index (χ3v) is 1.43. The third kappa shape index (κ3) is 5.67. The summed E-state index contributed by atoms with van der Waals surface area (Å²) in [6.45, 7) is 4.06. The van der Waals surface area contributed by atoms with Gasteiger partial charge >= 0.3 is 0 Å². The summed E-state index contributed by atoms with van der Waals surface area (Å²) in [5.41, 5.74) is 0. The van der Waals surface area contributed by atoms with Crippen LogP contribution in [-0.2, 0) is 4.74 Å². The van der Waals surface area contributed by atoms with Gasteiger partial charge in [-0.3, -0.25) is 0 Å². The summed E-state index contributed by atoms with van der Waals surface area (Å²) in [5.74, 6) is 0.492. The minimum atomic E-state index is 0.283. The molecule has 0 fully saturated rings. The fourth-order valence-electron chi connectivity index (χ4n) is 0.294. The molecule has 0 aliphatic rings. The van der Waals surface area contributed by atoms with E-state index < -0.39 is 0 Å². The Morgan fingerprint density at radius 1 is 1.78 bits per heavy atom. The Bertz CT molecular complexity index is 99.7. The van der Waals surface area contributed by atoms with E-state index in [0.717, 1.165) is 18.2 Å². The van der Waals surface area contributed by atoms with Crippen molar-refractivity contribution in [3.05, 3.63) is 0 Å².